The predicted molar refractivity (Wildman–Crippen MR) is 108 cm³/mol. The van der Waals surface area contributed by atoms with Crippen LogP contribution in [0.1, 0.15) is 12.8 Å². The maximum absolute atomic E-state index is 3.48. The van der Waals surface area contributed by atoms with Gasteiger partial charge in [0.25, 0.3) is 0 Å². The zero-order valence-electron chi connectivity index (χ0n) is 13.6. The summed E-state index contributed by atoms with van der Waals surface area (Å²) in [6.07, 6.45) is 4.84. The monoisotopic (exact) mass is 358 g/mol. The second-order valence-corrected chi connectivity index (χ2v) is 7.75. The van der Waals surface area contributed by atoms with E-state index in [0.717, 1.165) is 13.1 Å². The van der Waals surface area contributed by atoms with E-state index >= 15 is 0 Å². The smallest absolute Gasteiger partial charge is 0.0519 e. The average Bonchev–Trinajstić information content (AvgIpc) is 3.09. The molecule has 2 aliphatic rings. The molecule has 1 saturated heterocycles. The lowest BCUT2D eigenvalue weighted by atomic mass is 9.94. The zero-order chi connectivity index (χ0) is 15.5. The van der Waals surface area contributed by atoms with E-state index in [2.05, 4.69) is 81.7 Å². The van der Waals surface area contributed by atoms with Crippen LogP contribution in [0.4, 0.5) is 5.69 Å². The molecule has 0 saturated carbocycles. The zero-order valence-corrected chi connectivity index (χ0v) is 15.2. The third-order valence-electron chi connectivity index (χ3n) is 4.53. The minimum absolute atomic E-state index is 0. The lowest BCUT2D eigenvalue weighted by Gasteiger charge is -2.33. The van der Waals surface area contributed by atoms with Crippen molar-refractivity contribution in [2.24, 2.45) is 5.92 Å². The van der Waals surface area contributed by atoms with Crippen molar-refractivity contribution in [3.05, 3.63) is 72.4 Å². The number of hydrogen-bond acceptors (Lipinski definition) is 2. The maximum atomic E-state index is 3.48. The van der Waals surface area contributed by atoms with Crippen LogP contribution in [0, 0.1) is 5.92 Å². The topological polar surface area (TPSA) is 15.3 Å². The molecule has 2 nitrogen and oxygen atoms in total. The molecular formula is C20H23ClN2S. The Bertz CT molecular complexity index is 722. The number of hydrogen-bond donors (Lipinski definition) is 1. The van der Waals surface area contributed by atoms with Gasteiger partial charge in [0.2, 0.25) is 0 Å². The van der Waals surface area contributed by atoms with Gasteiger partial charge in [0.15, 0.2) is 0 Å². The number of halogens is 1. The van der Waals surface area contributed by atoms with Gasteiger partial charge in [-0.2, -0.15) is 0 Å². The Morgan fingerprint density at radius 2 is 1.50 bits per heavy atom. The van der Waals surface area contributed by atoms with Crippen molar-refractivity contribution in [2.75, 3.05) is 17.4 Å². The van der Waals surface area contributed by atoms with Crippen LogP contribution in [-0.2, 0) is 0 Å². The number of anilines is 1. The number of para-hydroxylation sites is 1. The van der Waals surface area contributed by atoms with Gasteiger partial charge in [-0.15, -0.1) is 12.4 Å². The molecule has 0 spiro atoms. The molecule has 0 bridgehead atoms. The number of benzene rings is 2. The van der Waals surface area contributed by atoms with Crippen molar-refractivity contribution >= 4 is 34.1 Å². The van der Waals surface area contributed by atoms with Gasteiger partial charge >= 0.3 is 0 Å². The van der Waals surface area contributed by atoms with Crippen LogP contribution in [0.2, 0.25) is 0 Å². The van der Waals surface area contributed by atoms with Crippen molar-refractivity contribution in [1.29, 1.82) is 0 Å². The Hall–Kier alpha value is -1.55. The molecule has 2 aliphatic heterocycles. The first-order chi connectivity index (χ1) is 11.4. The summed E-state index contributed by atoms with van der Waals surface area (Å²) >= 11 is 0. The van der Waals surface area contributed by atoms with E-state index in [0.29, 0.717) is 5.92 Å². The van der Waals surface area contributed by atoms with E-state index in [-0.39, 0.29) is 23.1 Å². The van der Waals surface area contributed by atoms with E-state index < -0.39 is 0 Å². The van der Waals surface area contributed by atoms with Crippen LogP contribution in [0.25, 0.3) is 0 Å². The van der Waals surface area contributed by atoms with Crippen molar-refractivity contribution < 1.29 is 0 Å². The summed E-state index contributed by atoms with van der Waals surface area (Å²) in [5, 5.41) is 5.87. The summed E-state index contributed by atoms with van der Waals surface area (Å²) in [4.78, 5) is 1.39. The largest absolute Gasteiger partial charge is 0.317 e. The van der Waals surface area contributed by atoms with E-state index in [1.54, 1.807) is 0 Å². The predicted octanol–water partition coefficient (Wildman–Crippen LogP) is 4.86. The lowest BCUT2D eigenvalue weighted by Crippen LogP contribution is -2.32. The quantitative estimate of drug-likeness (QED) is 0.788. The molecule has 2 heterocycles. The van der Waals surface area contributed by atoms with Crippen molar-refractivity contribution in [3.63, 3.8) is 0 Å². The first-order valence-electron chi connectivity index (χ1n) is 8.33. The van der Waals surface area contributed by atoms with Crippen molar-refractivity contribution in [1.82, 2.24) is 5.32 Å². The molecule has 1 unspecified atom stereocenters. The summed E-state index contributed by atoms with van der Waals surface area (Å²) in [6.45, 7) is 2.26. The molecule has 0 aliphatic carbocycles. The lowest BCUT2D eigenvalue weighted by molar-refractivity contribution is 0.419. The highest BCUT2D eigenvalue weighted by Crippen LogP contribution is 2.44. The summed E-state index contributed by atoms with van der Waals surface area (Å²) < 4.78 is 2.56. The number of allylic oxidation sites excluding steroid dienone is 2. The summed E-state index contributed by atoms with van der Waals surface area (Å²) in [7, 11) is -0.0159. The highest BCUT2D eigenvalue weighted by Gasteiger charge is 2.28. The Morgan fingerprint density at radius 1 is 0.875 bits per heavy atom. The van der Waals surface area contributed by atoms with Gasteiger partial charge in [0.1, 0.15) is 0 Å². The van der Waals surface area contributed by atoms with E-state index in [9.17, 15) is 0 Å². The van der Waals surface area contributed by atoms with Crippen LogP contribution in [0.5, 0.6) is 0 Å². The minimum atomic E-state index is -0.0159. The average molecular weight is 359 g/mol. The summed E-state index contributed by atoms with van der Waals surface area (Å²) in [6, 6.07) is 21.7. The van der Waals surface area contributed by atoms with E-state index in [1.165, 1.54) is 29.1 Å². The summed E-state index contributed by atoms with van der Waals surface area (Å²) in [5.41, 5.74) is 2.79. The molecule has 24 heavy (non-hydrogen) atoms. The normalized spacial score (nSPS) is 20.9. The molecule has 1 atom stereocenters. The summed E-state index contributed by atoms with van der Waals surface area (Å²) in [5.74, 6) is 0.661. The second-order valence-electron chi connectivity index (χ2n) is 6.01. The van der Waals surface area contributed by atoms with Gasteiger partial charge in [0, 0.05) is 16.5 Å². The highest BCUT2D eigenvalue weighted by atomic mass is 35.5. The molecule has 2 aromatic rings. The van der Waals surface area contributed by atoms with E-state index in [4.69, 9.17) is 0 Å². The van der Waals surface area contributed by atoms with Crippen LogP contribution in [-0.4, -0.2) is 18.5 Å². The number of piperidine rings is 1. The SMILES string of the molecule is C1=C(C2CCNCC2)N(c2ccccc2)S(c2ccccc2)=C1.Cl. The number of nitrogens with zero attached hydrogens (tertiary/aromatic N) is 1. The van der Waals surface area contributed by atoms with Gasteiger partial charge in [-0.3, -0.25) is 4.31 Å². The maximum Gasteiger partial charge on any atom is 0.0519 e. The van der Waals surface area contributed by atoms with Crippen molar-refractivity contribution in [2.45, 2.75) is 17.7 Å². The van der Waals surface area contributed by atoms with Crippen LogP contribution in [0.15, 0.2) is 77.3 Å². The Balaban J connectivity index is 0.00000169. The van der Waals surface area contributed by atoms with Gasteiger partial charge in [0.05, 0.1) is 5.69 Å². The van der Waals surface area contributed by atoms with Gasteiger partial charge < -0.3 is 5.32 Å². The number of nitrogens with one attached hydrogen (secondary N) is 1. The van der Waals surface area contributed by atoms with Gasteiger partial charge in [-0.25, -0.2) is 0 Å². The van der Waals surface area contributed by atoms with E-state index in [1.807, 2.05) is 0 Å². The molecule has 4 rings (SSSR count). The first kappa shape index (κ1) is 17.3. The van der Waals surface area contributed by atoms with Gasteiger partial charge in [-0.05, 0) is 61.6 Å². The number of rotatable bonds is 3. The standard InChI is InChI=1S/C20H22N2S.ClH/c1-3-7-18(8-4-1)22-20(17-11-14-21-15-12-17)13-16-23(22)19-9-5-2-6-10-19;/h1-10,13,16-17,21H,11-12,14-15H2;1H. The molecule has 126 valence electrons. The second kappa shape index (κ2) is 8.02. The Kier molecular flexibility index (Phi) is 5.77. The van der Waals surface area contributed by atoms with Crippen LogP contribution in [0.3, 0.4) is 0 Å². The molecule has 2 aromatic carbocycles. The van der Waals surface area contributed by atoms with Crippen molar-refractivity contribution in [3.8, 4) is 0 Å². The molecule has 1 fully saturated rings. The molecule has 1 N–H and O–H groups in total. The highest BCUT2D eigenvalue weighted by molar-refractivity contribution is 8.16. The van der Waals surface area contributed by atoms with Crippen LogP contribution >= 0.6 is 23.1 Å². The third-order valence-corrected chi connectivity index (χ3v) is 6.50. The molecule has 0 aromatic heterocycles. The Morgan fingerprint density at radius 3 is 2.17 bits per heavy atom. The fourth-order valence-electron chi connectivity index (χ4n) is 3.37. The molecule has 0 amide bonds. The molecule has 0 radical (unpaired) electrons. The Labute approximate surface area is 153 Å². The first-order valence-corrected chi connectivity index (χ1v) is 9.57. The molecule has 4 heteroatoms. The fourth-order valence-corrected chi connectivity index (χ4v) is 5.35. The minimum Gasteiger partial charge on any atom is -0.317 e. The molecular weight excluding hydrogens is 336 g/mol. The third kappa shape index (κ3) is 3.44. The van der Waals surface area contributed by atoms with Gasteiger partial charge in [-0.1, -0.05) is 47.1 Å². The van der Waals surface area contributed by atoms with Crippen LogP contribution < -0.4 is 9.62 Å². The fraction of sp³-hybridized carbons (Fsp3) is 0.250.